The first-order chi connectivity index (χ1) is 17.9. The zero-order chi connectivity index (χ0) is 28.1. The van der Waals surface area contributed by atoms with Crippen LogP contribution in [0.4, 0.5) is 0 Å². The number of nitrogens with zero attached hydrogens (tertiary/aromatic N) is 1. The van der Waals surface area contributed by atoms with Crippen molar-refractivity contribution < 1.29 is 29.1 Å². The minimum atomic E-state index is -1.18. The van der Waals surface area contributed by atoms with Crippen molar-refractivity contribution in [2.24, 2.45) is 5.73 Å². The molecule has 0 bridgehead atoms. The lowest BCUT2D eigenvalue weighted by atomic mass is 9.97. The van der Waals surface area contributed by atoms with E-state index in [9.17, 15) is 29.1 Å². The molecule has 5 N–H and O–H groups in total. The summed E-state index contributed by atoms with van der Waals surface area (Å²) in [5.41, 5.74) is 7.30. The molecule has 0 aliphatic carbocycles. The van der Waals surface area contributed by atoms with Crippen LogP contribution in [-0.4, -0.2) is 65.3 Å². The standard InChI is InChI=1S/C26H32N4O6S2/c1-13-9-17(15(3)37-13)22-23(18-10-14(2)38-16(18)4)25(34)30(24(22)33)12-21(32)28-11-20(31)29-19(26(35)36)7-5-6-8-27/h9-10,19H,5-8,11-12,27H2,1-4H3,(H,28,32)(H,29,31)(H,35,36)/t19-/m0/s1. The van der Waals surface area contributed by atoms with Gasteiger partial charge < -0.3 is 21.5 Å². The van der Waals surface area contributed by atoms with Gasteiger partial charge in [0.25, 0.3) is 11.8 Å². The summed E-state index contributed by atoms with van der Waals surface area (Å²) in [5.74, 6) is -3.72. The fourth-order valence-electron chi connectivity index (χ4n) is 4.35. The van der Waals surface area contributed by atoms with Crippen LogP contribution in [0.1, 0.15) is 49.9 Å². The number of aliphatic carboxylic acids is 1. The second kappa shape index (κ2) is 12.5. The van der Waals surface area contributed by atoms with Gasteiger partial charge in [-0.1, -0.05) is 0 Å². The maximum atomic E-state index is 13.5. The molecule has 3 heterocycles. The summed E-state index contributed by atoms with van der Waals surface area (Å²) >= 11 is 3.04. The number of amides is 4. The van der Waals surface area contributed by atoms with Crippen LogP contribution >= 0.6 is 22.7 Å². The molecule has 10 nitrogen and oxygen atoms in total. The molecule has 1 aliphatic rings. The van der Waals surface area contributed by atoms with Crippen molar-refractivity contribution in [2.45, 2.75) is 53.0 Å². The molecule has 0 aromatic carbocycles. The van der Waals surface area contributed by atoms with E-state index in [1.54, 1.807) is 0 Å². The van der Waals surface area contributed by atoms with Gasteiger partial charge in [-0.3, -0.25) is 24.1 Å². The first-order valence-electron chi connectivity index (χ1n) is 12.2. The number of nitrogens with two attached hydrogens (primary N) is 1. The van der Waals surface area contributed by atoms with E-state index < -0.39 is 48.7 Å². The number of carboxylic acid groups (broad SMARTS) is 1. The molecule has 0 radical (unpaired) electrons. The number of imide groups is 1. The second-order valence-corrected chi connectivity index (χ2v) is 12.0. The lowest BCUT2D eigenvalue weighted by molar-refractivity contribution is -0.142. The molecule has 1 aliphatic heterocycles. The normalized spacial score (nSPS) is 14.3. The summed E-state index contributed by atoms with van der Waals surface area (Å²) in [6.45, 7) is 6.97. The van der Waals surface area contributed by atoms with E-state index in [1.165, 1.54) is 22.7 Å². The van der Waals surface area contributed by atoms with Crippen molar-refractivity contribution in [3.8, 4) is 0 Å². The Morgan fingerprint density at radius 2 is 1.45 bits per heavy atom. The summed E-state index contributed by atoms with van der Waals surface area (Å²) in [5, 5.41) is 14.1. The number of nitrogens with one attached hydrogen (secondary N) is 2. The number of thiophene rings is 2. The number of carbonyl (C=O) groups excluding carboxylic acids is 4. The molecule has 1 atom stereocenters. The van der Waals surface area contributed by atoms with Gasteiger partial charge in [0, 0.05) is 30.6 Å². The zero-order valence-corrected chi connectivity index (χ0v) is 23.4. The molecule has 0 fully saturated rings. The maximum absolute atomic E-state index is 13.5. The molecule has 0 saturated carbocycles. The summed E-state index contributed by atoms with van der Waals surface area (Å²) in [4.78, 5) is 68.0. The predicted molar refractivity (Wildman–Crippen MR) is 147 cm³/mol. The third kappa shape index (κ3) is 6.55. The van der Waals surface area contributed by atoms with Gasteiger partial charge in [-0.15, -0.1) is 22.7 Å². The topological polar surface area (TPSA) is 159 Å². The number of aryl methyl sites for hydroxylation is 4. The lowest BCUT2D eigenvalue weighted by Gasteiger charge is -2.16. The summed E-state index contributed by atoms with van der Waals surface area (Å²) in [7, 11) is 0. The van der Waals surface area contributed by atoms with Gasteiger partial charge in [-0.25, -0.2) is 4.79 Å². The average molecular weight is 561 g/mol. The average Bonchev–Trinajstić information content (AvgIpc) is 3.43. The maximum Gasteiger partial charge on any atom is 0.326 e. The third-order valence-electron chi connectivity index (χ3n) is 6.12. The Morgan fingerprint density at radius 1 is 0.921 bits per heavy atom. The molecule has 0 unspecified atom stereocenters. The Hall–Kier alpha value is -3.35. The number of unbranched alkanes of at least 4 members (excludes halogenated alkanes) is 1. The van der Waals surface area contributed by atoms with Crippen LogP contribution in [-0.2, 0) is 24.0 Å². The molecule has 2 aromatic rings. The summed E-state index contributed by atoms with van der Waals surface area (Å²) in [6, 6.07) is 2.64. The number of carboxylic acids is 1. The van der Waals surface area contributed by atoms with Gasteiger partial charge in [-0.05, 0) is 65.6 Å². The lowest BCUT2D eigenvalue weighted by Crippen LogP contribution is -2.47. The second-order valence-electron chi connectivity index (χ2n) is 9.12. The molecule has 12 heteroatoms. The molecular formula is C26H32N4O6S2. The largest absolute Gasteiger partial charge is 0.480 e. The minimum absolute atomic E-state index is 0.211. The highest BCUT2D eigenvalue weighted by Gasteiger charge is 2.42. The predicted octanol–water partition coefficient (Wildman–Crippen LogP) is 2.14. The van der Waals surface area contributed by atoms with E-state index in [0.717, 1.165) is 24.4 Å². The molecule has 4 amide bonds. The molecule has 2 aromatic heterocycles. The van der Waals surface area contributed by atoms with Gasteiger partial charge in [0.15, 0.2) is 0 Å². The van der Waals surface area contributed by atoms with Crippen molar-refractivity contribution >= 4 is 63.4 Å². The van der Waals surface area contributed by atoms with Crippen molar-refractivity contribution in [1.29, 1.82) is 0 Å². The highest BCUT2D eigenvalue weighted by Crippen LogP contribution is 2.41. The van der Waals surface area contributed by atoms with Crippen molar-refractivity contribution in [1.82, 2.24) is 15.5 Å². The van der Waals surface area contributed by atoms with Crippen LogP contribution in [0, 0.1) is 27.7 Å². The van der Waals surface area contributed by atoms with Gasteiger partial charge in [0.2, 0.25) is 11.8 Å². The van der Waals surface area contributed by atoms with E-state index >= 15 is 0 Å². The molecule has 0 spiro atoms. The summed E-state index contributed by atoms with van der Waals surface area (Å²) < 4.78 is 0. The number of rotatable bonds is 12. The molecule has 3 rings (SSSR count). The first kappa shape index (κ1) is 29.2. The minimum Gasteiger partial charge on any atom is -0.480 e. The monoisotopic (exact) mass is 560 g/mol. The van der Waals surface area contributed by atoms with Crippen LogP contribution in [0.25, 0.3) is 11.1 Å². The Labute approximate surface area is 228 Å². The number of hydrogen-bond acceptors (Lipinski definition) is 8. The summed E-state index contributed by atoms with van der Waals surface area (Å²) in [6.07, 6.45) is 1.37. The highest BCUT2D eigenvalue weighted by molar-refractivity contribution is 7.12. The van der Waals surface area contributed by atoms with Crippen LogP contribution < -0.4 is 16.4 Å². The van der Waals surface area contributed by atoms with Crippen LogP contribution in [0.2, 0.25) is 0 Å². The van der Waals surface area contributed by atoms with Crippen molar-refractivity contribution in [3.05, 3.63) is 42.8 Å². The highest BCUT2D eigenvalue weighted by atomic mass is 32.1. The van der Waals surface area contributed by atoms with Crippen LogP contribution in [0.3, 0.4) is 0 Å². The van der Waals surface area contributed by atoms with Gasteiger partial charge in [-0.2, -0.15) is 0 Å². The Kier molecular flexibility index (Phi) is 9.58. The first-order valence-corrected chi connectivity index (χ1v) is 13.8. The molecular weight excluding hydrogens is 528 g/mol. The third-order valence-corrected chi connectivity index (χ3v) is 8.05. The van der Waals surface area contributed by atoms with Gasteiger partial charge in [0.1, 0.15) is 12.6 Å². The fourth-order valence-corrected chi connectivity index (χ4v) is 6.21. The van der Waals surface area contributed by atoms with E-state index in [-0.39, 0.29) is 17.6 Å². The number of hydrogen-bond donors (Lipinski definition) is 4. The molecule has 38 heavy (non-hydrogen) atoms. The smallest absolute Gasteiger partial charge is 0.326 e. The Bertz CT molecular complexity index is 1240. The van der Waals surface area contributed by atoms with Crippen LogP contribution in [0.5, 0.6) is 0 Å². The van der Waals surface area contributed by atoms with Crippen LogP contribution in [0.15, 0.2) is 12.1 Å². The van der Waals surface area contributed by atoms with E-state index in [1.807, 2.05) is 39.8 Å². The van der Waals surface area contributed by atoms with Crippen molar-refractivity contribution in [3.63, 3.8) is 0 Å². The van der Waals surface area contributed by atoms with E-state index in [2.05, 4.69) is 10.6 Å². The van der Waals surface area contributed by atoms with E-state index in [4.69, 9.17) is 5.73 Å². The fraction of sp³-hybridized carbons (Fsp3) is 0.423. The molecule has 204 valence electrons. The van der Waals surface area contributed by atoms with Gasteiger partial charge in [0.05, 0.1) is 17.7 Å². The zero-order valence-electron chi connectivity index (χ0n) is 21.8. The van der Waals surface area contributed by atoms with Gasteiger partial charge >= 0.3 is 5.97 Å². The Balaban J connectivity index is 1.74. The Morgan fingerprint density at radius 3 is 1.87 bits per heavy atom. The van der Waals surface area contributed by atoms with E-state index in [0.29, 0.717) is 30.5 Å². The quantitative estimate of drug-likeness (QED) is 0.229. The van der Waals surface area contributed by atoms with Crippen molar-refractivity contribution in [2.75, 3.05) is 19.6 Å². The number of carbonyl (C=O) groups is 5. The SMILES string of the molecule is Cc1cc(C2=C(c3cc(C)sc3C)C(=O)N(CC(=O)NCC(=O)N[C@@H](CCCCN)C(=O)O)C2=O)c(C)s1. The molecule has 0 saturated heterocycles.